The minimum absolute atomic E-state index is 0.143. The second-order valence-electron chi connectivity index (χ2n) is 3.83. The summed E-state index contributed by atoms with van der Waals surface area (Å²) < 4.78 is 13.3. The molecule has 16 heavy (non-hydrogen) atoms. The molecule has 0 saturated heterocycles. The fraction of sp³-hybridized carbons (Fsp3) is 0.385. The third-order valence-corrected chi connectivity index (χ3v) is 2.56. The summed E-state index contributed by atoms with van der Waals surface area (Å²) in [4.78, 5) is 11.9. The smallest absolute Gasteiger partial charge is 0.167 e. The third kappa shape index (κ3) is 2.46. The Morgan fingerprint density at radius 1 is 1.56 bits per heavy atom. The Kier molecular flexibility index (Phi) is 4.19. The molecule has 0 heterocycles. The van der Waals surface area contributed by atoms with Crippen molar-refractivity contribution in [2.45, 2.75) is 26.7 Å². The zero-order chi connectivity index (χ0) is 12.1. The lowest BCUT2D eigenvalue weighted by Crippen LogP contribution is -2.13. The Labute approximate surface area is 94.7 Å². The van der Waals surface area contributed by atoms with E-state index in [0.29, 0.717) is 0 Å². The minimum Gasteiger partial charge on any atom is -0.294 e. The molecule has 1 aromatic carbocycles. The Balaban J connectivity index is 3.10. The number of nitriles is 1. The summed E-state index contributed by atoms with van der Waals surface area (Å²) in [5.74, 6) is -0.950. The number of carbonyl (C=O) groups excluding carboxylic acids is 1. The molecule has 1 unspecified atom stereocenters. The first-order chi connectivity index (χ1) is 7.61. The molecule has 84 valence electrons. The molecule has 0 aliphatic carbocycles. The number of hydrogen-bond donors (Lipinski definition) is 0. The number of rotatable bonds is 4. The van der Waals surface area contributed by atoms with Gasteiger partial charge in [0.1, 0.15) is 11.9 Å². The van der Waals surface area contributed by atoms with Crippen LogP contribution in [-0.4, -0.2) is 5.78 Å². The maximum atomic E-state index is 13.3. The van der Waals surface area contributed by atoms with Crippen molar-refractivity contribution in [1.82, 2.24) is 0 Å². The predicted molar refractivity (Wildman–Crippen MR) is 59.5 cm³/mol. The first-order valence-electron chi connectivity index (χ1n) is 5.34. The van der Waals surface area contributed by atoms with E-state index in [-0.39, 0.29) is 22.8 Å². The minimum atomic E-state index is -0.628. The second kappa shape index (κ2) is 5.41. The highest BCUT2D eigenvalue weighted by molar-refractivity contribution is 5.99. The second-order valence-corrected chi connectivity index (χ2v) is 3.83. The van der Waals surface area contributed by atoms with Crippen LogP contribution in [0.1, 0.15) is 42.6 Å². The number of Topliss-reactive ketones (excluding diaryl/α,β-unsaturated/α-hetero) is 1. The molecule has 0 aliphatic heterocycles. The topological polar surface area (TPSA) is 40.9 Å². The van der Waals surface area contributed by atoms with Gasteiger partial charge in [0, 0.05) is 11.5 Å². The molecule has 0 fully saturated rings. The summed E-state index contributed by atoms with van der Waals surface area (Å²) in [7, 11) is 0. The zero-order valence-corrected chi connectivity index (χ0v) is 9.46. The lowest BCUT2D eigenvalue weighted by Gasteiger charge is -2.10. The molecule has 0 N–H and O–H groups in total. The van der Waals surface area contributed by atoms with E-state index in [0.717, 1.165) is 12.8 Å². The van der Waals surface area contributed by atoms with Gasteiger partial charge in [0.25, 0.3) is 0 Å². The maximum absolute atomic E-state index is 13.3. The summed E-state index contributed by atoms with van der Waals surface area (Å²) in [6.07, 6.45) is 1.64. The lowest BCUT2D eigenvalue weighted by molar-refractivity contribution is 0.0923. The number of ketones is 1. The van der Waals surface area contributed by atoms with Crippen molar-refractivity contribution < 1.29 is 9.18 Å². The van der Waals surface area contributed by atoms with E-state index >= 15 is 0 Å². The molecule has 3 heteroatoms. The summed E-state index contributed by atoms with van der Waals surface area (Å²) in [5.41, 5.74) is 0.0545. The largest absolute Gasteiger partial charge is 0.294 e. The van der Waals surface area contributed by atoms with Crippen LogP contribution in [0.2, 0.25) is 0 Å². The monoisotopic (exact) mass is 219 g/mol. The van der Waals surface area contributed by atoms with E-state index < -0.39 is 5.82 Å². The van der Waals surface area contributed by atoms with Gasteiger partial charge in [-0.1, -0.05) is 26.3 Å². The van der Waals surface area contributed by atoms with E-state index in [9.17, 15) is 9.18 Å². The van der Waals surface area contributed by atoms with Crippen LogP contribution in [0.15, 0.2) is 18.2 Å². The molecule has 0 amide bonds. The third-order valence-electron chi connectivity index (χ3n) is 2.56. The van der Waals surface area contributed by atoms with E-state index in [1.807, 2.05) is 6.92 Å². The standard InChI is InChI=1S/C13H14FNO/c1-3-5-9(2)13(16)10-6-4-7-12(14)11(10)8-15/h4,6-7,9H,3,5H2,1-2H3. The normalized spacial score (nSPS) is 11.9. The van der Waals surface area contributed by atoms with Crippen LogP contribution in [0, 0.1) is 23.1 Å². The van der Waals surface area contributed by atoms with Crippen molar-refractivity contribution in [2.24, 2.45) is 5.92 Å². The van der Waals surface area contributed by atoms with Crippen LogP contribution in [0.5, 0.6) is 0 Å². The van der Waals surface area contributed by atoms with Crippen molar-refractivity contribution in [3.63, 3.8) is 0 Å². The van der Waals surface area contributed by atoms with Crippen LogP contribution >= 0.6 is 0 Å². The van der Waals surface area contributed by atoms with Crippen molar-refractivity contribution in [3.8, 4) is 6.07 Å². The SMILES string of the molecule is CCCC(C)C(=O)c1cccc(F)c1C#N. The highest BCUT2D eigenvalue weighted by atomic mass is 19.1. The van der Waals surface area contributed by atoms with Crippen LogP contribution in [0.4, 0.5) is 4.39 Å². The maximum Gasteiger partial charge on any atom is 0.167 e. The van der Waals surface area contributed by atoms with E-state index in [4.69, 9.17) is 5.26 Å². The van der Waals surface area contributed by atoms with Crippen molar-refractivity contribution in [2.75, 3.05) is 0 Å². The quantitative estimate of drug-likeness (QED) is 0.729. The number of hydrogen-bond acceptors (Lipinski definition) is 2. The number of halogens is 1. The van der Waals surface area contributed by atoms with Crippen molar-refractivity contribution in [1.29, 1.82) is 5.26 Å². The van der Waals surface area contributed by atoms with Crippen LogP contribution < -0.4 is 0 Å². The number of carbonyl (C=O) groups is 1. The fourth-order valence-corrected chi connectivity index (χ4v) is 1.67. The molecule has 0 spiro atoms. The van der Waals surface area contributed by atoms with Gasteiger partial charge in [-0.2, -0.15) is 5.26 Å². The zero-order valence-electron chi connectivity index (χ0n) is 9.46. The van der Waals surface area contributed by atoms with Gasteiger partial charge in [-0.25, -0.2) is 4.39 Å². The van der Waals surface area contributed by atoms with Gasteiger partial charge >= 0.3 is 0 Å². The highest BCUT2D eigenvalue weighted by Gasteiger charge is 2.19. The van der Waals surface area contributed by atoms with Gasteiger partial charge in [0.05, 0.1) is 5.56 Å². The van der Waals surface area contributed by atoms with E-state index in [2.05, 4.69) is 0 Å². The number of nitrogens with zero attached hydrogens (tertiary/aromatic N) is 1. The Morgan fingerprint density at radius 3 is 2.81 bits per heavy atom. The summed E-state index contributed by atoms with van der Waals surface area (Å²) in [6, 6.07) is 5.91. The average Bonchev–Trinajstić information content (AvgIpc) is 2.28. The molecule has 0 radical (unpaired) electrons. The lowest BCUT2D eigenvalue weighted by atomic mass is 9.92. The molecule has 1 atom stereocenters. The summed E-state index contributed by atoms with van der Waals surface area (Å²) in [5, 5.41) is 8.82. The molecular weight excluding hydrogens is 205 g/mol. The molecule has 0 saturated carbocycles. The Morgan fingerprint density at radius 2 is 2.25 bits per heavy atom. The molecule has 1 rings (SSSR count). The first kappa shape index (κ1) is 12.4. The predicted octanol–water partition coefficient (Wildman–Crippen LogP) is 3.32. The fourth-order valence-electron chi connectivity index (χ4n) is 1.67. The van der Waals surface area contributed by atoms with Gasteiger partial charge in [-0.05, 0) is 18.6 Å². The van der Waals surface area contributed by atoms with E-state index in [1.165, 1.54) is 18.2 Å². The van der Waals surface area contributed by atoms with Gasteiger partial charge in [0.15, 0.2) is 5.78 Å². The Hall–Kier alpha value is -1.69. The van der Waals surface area contributed by atoms with Crippen LogP contribution in [0.25, 0.3) is 0 Å². The average molecular weight is 219 g/mol. The van der Waals surface area contributed by atoms with Gasteiger partial charge in [-0.15, -0.1) is 0 Å². The molecule has 1 aromatic rings. The molecular formula is C13H14FNO. The van der Waals surface area contributed by atoms with Gasteiger partial charge < -0.3 is 0 Å². The summed E-state index contributed by atoms with van der Waals surface area (Å²) in [6.45, 7) is 3.79. The molecule has 2 nitrogen and oxygen atoms in total. The first-order valence-corrected chi connectivity index (χ1v) is 5.34. The Bertz CT molecular complexity index is 434. The van der Waals surface area contributed by atoms with Crippen LogP contribution in [0.3, 0.4) is 0 Å². The molecule has 0 aromatic heterocycles. The molecule has 0 bridgehead atoms. The van der Waals surface area contributed by atoms with Gasteiger partial charge in [-0.3, -0.25) is 4.79 Å². The summed E-state index contributed by atoms with van der Waals surface area (Å²) >= 11 is 0. The van der Waals surface area contributed by atoms with Crippen molar-refractivity contribution >= 4 is 5.78 Å². The van der Waals surface area contributed by atoms with Gasteiger partial charge in [0.2, 0.25) is 0 Å². The van der Waals surface area contributed by atoms with E-state index in [1.54, 1.807) is 13.0 Å². The van der Waals surface area contributed by atoms with Crippen LogP contribution in [-0.2, 0) is 0 Å². The molecule has 0 aliphatic rings. The highest BCUT2D eigenvalue weighted by Crippen LogP contribution is 2.19. The van der Waals surface area contributed by atoms with Crippen molar-refractivity contribution in [3.05, 3.63) is 35.1 Å². The number of benzene rings is 1.